The molecule has 2 heterocycles. The maximum atomic E-state index is 11.2. The van der Waals surface area contributed by atoms with Gasteiger partial charge in [-0.1, -0.05) is 16.8 Å². The summed E-state index contributed by atoms with van der Waals surface area (Å²) in [5.41, 5.74) is 1.01. The Balaban J connectivity index is 2.17. The molecule has 0 radical (unpaired) electrons. The van der Waals surface area contributed by atoms with Crippen LogP contribution >= 0.6 is 11.6 Å². The van der Waals surface area contributed by atoms with Crippen LogP contribution < -0.4 is 0 Å². The van der Waals surface area contributed by atoms with Crippen LogP contribution in [0, 0.1) is 0 Å². The van der Waals surface area contributed by atoms with E-state index in [2.05, 4.69) is 20.0 Å². The highest BCUT2D eigenvalue weighted by atomic mass is 35.5. The quantitative estimate of drug-likeness (QED) is 0.767. The summed E-state index contributed by atoms with van der Waals surface area (Å²) in [7, 11) is 1.29. The van der Waals surface area contributed by atoms with Gasteiger partial charge in [0, 0.05) is 12.4 Å². The molecule has 0 aliphatic heterocycles. The number of halogens is 1. The minimum absolute atomic E-state index is 0.165. The third-order valence-corrected chi connectivity index (χ3v) is 2.46. The summed E-state index contributed by atoms with van der Waals surface area (Å²) in [4.78, 5) is 15.1. The highest BCUT2D eigenvalue weighted by molar-refractivity contribution is 6.31. The number of hydrogen-bond acceptors (Lipinski definition) is 5. The van der Waals surface area contributed by atoms with E-state index in [-0.39, 0.29) is 5.69 Å². The van der Waals surface area contributed by atoms with E-state index in [1.165, 1.54) is 18.0 Å². The first-order valence-corrected chi connectivity index (χ1v) is 5.15. The second-order valence-corrected chi connectivity index (χ2v) is 3.67. The molecule has 0 aromatic carbocycles. The lowest BCUT2D eigenvalue weighted by Gasteiger charge is -2.01. The van der Waals surface area contributed by atoms with Gasteiger partial charge < -0.3 is 4.74 Å². The SMILES string of the molecule is COC(=O)c1cn(Cc2ccncc2Cl)nn1. The Kier molecular flexibility index (Phi) is 3.34. The fraction of sp³-hybridized carbons (Fsp3) is 0.200. The maximum absolute atomic E-state index is 11.2. The molecule has 0 N–H and O–H groups in total. The molecule has 0 aliphatic rings. The van der Waals surface area contributed by atoms with Crippen molar-refractivity contribution in [2.45, 2.75) is 6.54 Å². The molecule has 0 atom stereocenters. The molecule has 0 saturated heterocycles. The van der Waals surface area contributed by atoms with E-state index in [0.29, 0.717) is 11.6 Å². The number of hydrogen-bond donors (Lipinski definition) is 0. The number of ether oxygens (including phenoxy) is 1. The van der Waals surface area contributed by atoms with Crippen LogP contribution in [0.3, 0.4) is 0 Å². The first kappa shape index (κ1) is 11.5. The van der Waals surface area contributed by atoms with E-state index in [0.717, 1.165) is 5.56 Å². The molecule has 88 valence electrons. The minimum atomic E-state index is -0.517. The van der Waals surface area contributed by atoms with Gasteiger partial charge in [0.1, 0.15) is 0 Å². The fourth-order valence-electron chi connectivity index (χ4n) is 1.28. The van der Waals surface area contributed by atoms with Gasteiger partial charge in [-0.3, -0.25) is 4.98 Å². The standard InChI is InChI=1S/C10H9ClN4O2/c1-17-10(16)9-6-15(14-13-9)5-7-2-3-12-4-8(7)11/h2-4,6H,5H2,1H3. The molecule has 6 nitrogen and oxygen atoms in total. The van der Waals surface area contributed by atoms with E-state index in [1.54, 1.807) is 18.5 Å². The molecule has 0 bridgehead atoms. The van der Waals surface area contributed by atoms with Crippen LogP contribution in [0.25, 0.3) is 0 Å². The van der Waals surface area contributed by atoms with Crippen molar-refractivity contribution in [2.75, 3.05) is 7.11 Å². The van der Waals surface area contributed by atoms with E-state index < -0.39 is 5.97 Å². The van der Waals surface area contributed by atoms with Gasteiger partial charge in [0.05, 0.1) is 24.9 Å². The van der Waals surface area contributed by atoms with Crippen molar-refractivity contribution < 1.29 is 9.53 Å². The van der Waals surface area contributed by atoms with Crippen molar-refractivity contribution in [3.05, 3.63) is 40.9 Å². The lowest BCUT2D eigenvalue weighted by molar-refractivity contribution is 0.0594. The molecule has 17 heavy (non-hydrogen) atoms. The largest absolute Gasteiger partial charge is 0.464 e. The summed E-state index contributed by atoms with van der Waals surface area (Å²) < 4.78 is 6.04. The molecular weight excluding hydrogens is 244 g/mol. The third kappa shape index (κ3) is 2.59. The first-order valence-electron chi connectivity index (χ1n) is 4.77. The number of nitrogens with zero attached hydrogens (tertiary/aromatic N) is 4. The number of rotatable bonds is 3. The van der Waals surface area contributed by atoms with Crippen LogP contribution in [0.4, 0.5) is 0 Å². The lowest BCUT2D eigenvalue weighted by atomic mass is 10.3. The lowest BCUT2D eigenvalue weighted by Crippen LogP contribution is -2.02. The van der Waals surface area contributed by atoms with Crippen molar-refractivity contribution in [1.82, 2.24) is 20.0 Å². The van der Waals surface area contributed by atoms with Crippen LogP contribution in [-0.2, 0) is 11.3 Å². The zero-order valence-corrected chi connectivity index (χ0v) is 9.76. The Morgan fingerprint density at radius 2 is 2.41 bits per heavy atom. The van der Waals surface area contributed by atoms with Crippen LogP contribution in [0.15, 0.2) is 24.7 Å². The van der Waals surface area contributed by atoms with Gasteiger partial charge in [-0.2, -0.15) is 0 Å². The average molecular weight is 253 g/mol. The van der Waals surface area contributed by atoms with Crippen molar-refractivity contribution in [3.63, 3.8) is 0 Å². The van der Waals surface area contributed by atoms with Crippen LogP contribution in [0.5, 0.6) is 0 Å². The van der Waals surface area contributed by atoms with Gasteiger partial charge in [-0.05, 0) is 11.6 Å². The Labute approximate surface area is 102 Å². The van der Waals surface area contributed by atoms with Crippen molar-refractivity contribution in [3.8, 4) is 0 Å². The van der Waals surface area contributed by atoms with Crippen molar-refractivity contribution in [2.24, 2.45) is 0 Å². The Bertz CT molecular complexity index is 541. The summed E-state index contributed by atoms with van der Waals surface area (Å²) >= 11 is 5.96. The third-order valence-electron chi connectivity index (χ3n) is 2.12. The monoisotopic (exact) mass is 252 g/mol. The Hall–Kier alpha value is -1.95. The van der Waals surface area contributed by atoms with Gasteiger partial charge in [0.2, 0.25) is 0 Å². The topological polar surface area (TPSA) is 69.9 Å². The van der Waals surface area contributed by atoms with Gasteiger partial charge in [0.15, 0.2) is 5.69 Å². The van der Waals surface area contributed by atoms with Gasteiger partial charge in [-0.25, -0.2) is 9.48 Å². The van der Waals surface area contributed by atoms with E-state index in [1.807, 2.05) is 0 Å². The minimum Gasteiger partial charge on any atom is -0.464 e. The number of carbonyl (C=O) groups excluding carboxylic acids is 1. The molecule has 0 amide bonds. The first-order chi connectivity index (χ1) is 8.20. The molecule has 7 heteroatoms. The number of methoxy groups -OCH3 is 1. The Morgan fingerprint density at radius 3 is 3.12 bits per heavy atom. The molecular formula is C10H9ClN4O2. The maximum Gasteiger partial charge on any atom is 0.360 e. The number of aromatic nitrogens is 4. The molecule has 2 aromatic heterocycles. The molecule has 2 rings (SSSR count). The van der Waals surface area contributed by atoms with Crippen molar-refractivity contribution >= 4 is 17.6 Å². The second-order valence-electron chi connectivity index (χ2n) is 3.26. The van der Waals surface area contributed by atoms with Gasteiger partial charge in [-0.15, -0.1) is 5.10 Å². The van der Waals surface area contributed by atoms with Crippen LogP contribution in [0.1, 0.15) is 16.1 Å². The molecule has 0 fully saturated rings. The number of carbonyl (C=O) groups is 1. The fourth-order valence-corrected chi connectivity index (χ4v) is 1.46. The zero-order valence-electron chi connectivity index (χ0n) is 9.00. The normalized spacial score (nSPS) is 10.2. The molecule has 0 saturated carbocycles. The van der Waals surface area contributed by atoms with E-state index in [4.69, 9.17) is 11.6 Å². The van der Waals surface area contributed by atoms with Gasteiger partial charge in [0.25, 0.3) is 0 Å². The molecule has 0 spiro atoms. The van der Waals surface area contributed by atoms with E-state index in [9.17, 15) is 4.79 Å². The summed E-state index contributed by atoms with van der Waals surface area (Å²) in [6, 6.07) is 1.78. The summed E-state index contributed by atoms with van der Waals surface area (Å²) in [6.45, 7) is 0.422. The summed E-state index contributed by atoms with van der Waals surface area (Å²) in [6.07, 6.45) is 4.69. The predicted octanol–water partition coefficient (Wildman–Crippen LogP) is 1.16. The molecule has 2 aromatic rings. The zero-order chi connectivity index (χ0) is 12.3. The van der Waals surface area contributed by atoms with Crippen LogP contribution in [-0.4, -0.2) is 33.1 Å². The molecule has 0 unspecified atom stereocenters. The number of esters is 1. The molecule has 0 aliphatic carbocycles. The average Bonchev–Trinajstić information content (AvgIpc) is 2.80. The van der Waals surface area contributed by atoms with Gasteiger partial charge >= 0.3 is 5.97 Å². The van der Waals surface area contributed by atoms with Crippen LogP contribution in [0.2, 0.25) is 5.02 Å². The summed E-state index contributed by atoms with van der Waals surface area (Å²) in [5.74, 6) is -0.517. The highest BCUT2D eigenvalue weighted by Gasteiger charge is 2.11. The smallest absolute Gasteiger partial charge is 0.360 e. The van der Waals surface area contributed by atoms with E-state index >= 15 is 0 Å². The van der Waals surface area contributed by atoms with Crippen molar-refractivity contribution in [1.29, 1.82) is 0 Å². The second kappa shape index (κ2) is 4.92. The summed E-state index contributed by atoms with van der Waals surface area (Å²) in [5, 5.41) is 8.04. The Morgan fingerprint density at radius 1 is 1.59 bits per heavy atom. The predicted molar refractivity (Wildman–Crippen MR) is 59.7 cm³/mol. The highest BCUT2D eigenvalue weighted by Crippen LogP contribution is 2.14. The number of pyridine rings is 1.